The van der Waals surface area contributed by atoms with Crippen LogP contribution in [-0.2, 0) is 17.1 Å². The van der Waals surface area contributed by atoms with E-state index >= 15 is 0 Å². The van der Waals surface area contributed by atoms with Crippen LogP contribution in [0.5, 0.6) is 0 Å². The fourth-order valence-corrected chi connectivity index (χ4v) is 3.14. The van der Waals surface area contributed by atoms with Gasteiger partial charge in [0, 0.05) is 13.2 Å². The van der Waals surface area contributed by atoms with Crippen LogP contribution in [0.25, 0.3) is 0 Å². The number of nitrogens with two attached hydrogens (primary N) is 1. The first-order valence-corrected chi connectivity index (χ1v) is 6.68. The lowest BCUT2D eigenvalue weighted by Gasteiger charge is -2.10. The zero-order chi connectivity index (χ0) is 13.3. The summed E-state index contributed by atoms with van der Waals surface area (Å²) >= 11 is 5.79. The highest BCUT2D eigenvalue weighted by atomic mass is 35.5. The van der Waals surface area contributed by atoms with Crippen molar-refractivity contribution < 1.29 is 8.42 Å². The second kappa shape index (κ2) is 4.46. The van der Waals surface area contributed by atoms with E-state index in [-0.39, 0.29) is 21.4 Å². The molecule has 2 heterocycles. The van der Waals surface area contributed by atoms with Crippen LogP contribution in [0.3, 0.4) is 0 Å². The Labute approximate surface area is 109 Å². The summed E-state index contributed by atoms with van der Waals surface area (Å²) in [6.45, 7) is 0. The lowest BCUT2D eigenvalue weighted by Crippen LogP contribution is -2.18. The number of anilines is 2. The summed E-state index contributed by atoms with van der Waals surface area (Å²) in [5.41, 5.74) is 6.07. The number of nitrogens with one attached hydrogen (secondary N) is 1. The van der Waals surface area contributed by atoms with Crippen molar-refractivity contribution in [1.29, 1.82) is 0 Å². The first kappa shape index (κ1) is 12.7. The summed E-state index contributed by atoms with van der Waals surface area (Å²) in [6.07, 6.45) is 4.04. The van der Waals surface area contributed by atoms with Crippen molar-refractivity contribution in [3.63, 3.8) is 0 Å². The quantitative estimate of drug-likeness (QED) is 0.871. The van der Waals surface area contributed by atoms with Crippen LogP contribution in [0, 0.1) is 0 Å². The van der Waals surface area contributed by atoms with Gasteiger partial charge in [0.25, 0.3) is 10.0 Å². The molecular formula is C9H10ClN5O2S. The first-order chi connectivity index (χ1) is 8.42. The predicted octanol–water partition coefficient (Wildman–Crippen LogP) is 0.851. The van der Waals surface area contributed by atoms with Gasteiger partial charge in [-0.2, -0.15) is 13.5 Å². The van der Waals surface area contributed by atoms with Gasteiger partial charge in [-0.1, -0.05) is 11.6 Å². The highest BCUT2D eigenvalue weighted by Gasteiger charge is 2.23. The summed E-state index contributed by atoms with van der Waals surface area (Å²) in [6, 6.07) is 1.46. The van der Waals surface area contributed by atoms with Gasteiger partial charge >= 0.3 is 0 Å². The van der Waals surface area contributed by atoms with E-state index in [9.17, 15) is 8.42 Å². The Balaban J connectivity index is 2.43. The minimum absolute atomic E-state index is 0.0395. The van der Waals surface area contributed by atoms with E-state index in [0.717, 1.165) is 0 Å². The average Bonchev–Trinajstić information content (AvgIpc) is 2.62. The number of aromatic nitrogens is 3. The van der Waals surface area contributed by atoms with Crippen LogP contribution in [0.4, 0.5) is 11.4 Å². The van der Waals surface area contributed by atoms with E-state index in [1.165, 1.54) is 36.4 Å². The standard InChI is InChI=1S/C9H10ClN5O2S/c1-15-9(6(10)4-13-15)18(16,17)14-8-2-3-12-5-7(8)11/h2-5H,11H2,1H3,(H,12,14). The van der Waals surface area contributed by atoms with Crippen molar-refractivity contribution in [2.24, 2.45) is 7.05 Å². The molecular weight excluding hydrogens is 278 g/mol. The van der Waals surface area contributed by atoms with Gasteiger partial charge in [-0.15, -0.1) is 0 Å². The van der Waals surface area contributed by atoms with Gasteiger partial charge in [0.05, 0.1) is 28.8 Å². The molecule has 7 nitrogen and oxygen atoms in total. The third kappa shape index (κ3) is 2.24. The number of hydrogen-bond acceptors (Lipinski definition) is 5. The maximum Gasteiger partial charge on any atom is 0.280 e. The molecule has 2 rings (SSSR count). The van der Waals surface area contributed by atoms with Crippen molar-refractivity contribution in [2.75, 3.05) is 10.5 Å². The monoisotopic (exact) mass is 287 g/mol. The van der Waals surface area contributed by atoms with Gasteiger partial charge in [0.15, 0.2) is 5.03 Å². The molecule has 2 aromatic heterocycles. The molecule has 96 valence electrons. The van der Waals surface area contributed by atoms with Gasteiger partial charge in [-0.05, 0) is 6.07 Å². The van der Waals surface area contributed by atoms with E-state index in [2.05, 4.69) is 14.8 Å². The topological polar surface area (TPSA) is 103 Å². The lowest BCUT2D eigenvalue weighted by atomic mass is 10.4. The molecule has 0 saturated heterocycles. The number of aryl methyl sites for hydroxylation is 1. The SMILES string of the molecule is Cn1ncc(Cl)c1S(=O)(=O)Nc1ccncc1N. The van der Waals surface area contributed by atoms with Crippen LogP contribution < -0.4 is 10.5 Å². The molecule has 0 spiro atoms. The van der Waals surface area contributed by atoms with Crippen molar-refractivity contribution in [3.8, 4) is 0 Å². The average molecular weight is 288 g/mol. The number of pyridine rings is 1. The molecule has 0 fully saturated rings. The maximum absolute atomic E-state index is 12.1. The zero-order valence-electron chi connectivity index (χ0n) is 9.33. The number of sulfonamides is 1. The number of hydrogen-bond donors (Lipinski definition) is 2. The maximum atomic E-state index is 12.1. The first-order valence-electron chi connectivity index (χ1n) is 4.81. The molecule has 0 aliphatic rings. The Morgan fingerprint density at radius 3 is 2.72 bits per heavy atom. The van der Waals surface area contributed by atoms with Crippen LogP contribution in [0.2, 0.25) is 5.02 Å². The fraction of sp³-hybridized carbons (Fsp3) is 0.111. The smallest absolute Gasteiger partial charge is 0.280 e. The van der Waals surface area contributed by atoms with E-state index in [4.69, 9.17) is 17.3 Å². The third-order valence-electron chi connectivity index (χ3n) is 2.19. The molecule has 0 bridgehead atoms. The lowest BCUT2D eigenvalue weighted by molar-refractivity contribution is 0.582. The Bertz CT molecular complexity index is 663. The Morgan fingerprint density at radius 1 is 1.44 bits per heavy atom. The molecule has 9 heteroatoms. The van der Waals surface area contributed by atoms with Gasteiger partial charge in [-0.3, -0.25) is 14.4 Å². The van der Waals surface area contributed by atoms with Gasteiger partial charge in [0.2, 0.25) is 0 Å². The number of nitrogens with zero attached hydrogens (tertiary/aromatic N) is 3. The van der Waals surface area contributed by atoms with Crippen LogP contribution in [-0.4, -0.2) is 23.2 Å². The van der Waals surface area contributed by atoms with Crippen molar-refractivity contribution in [3.05, 3.63) is 29.7 Å². The van der Waals surface area contributed by atoms with Crippen LogP contribution in [0.15, 0.2) is 29.7 Å². The molecule has 0 radical (unpaired) electrons. The molecule has 0 aromatic carbocycles. The van der Waals surface area contributed by atoms with Crippen LogP contribution >= 0.6 is 11.6 Å². The highest BCUT2D eigenvalue weighted by molar-refractivity contribution is 7.92. The van der Waals surface area contributed by atoms with Gasteiger partial charge in [-0.25, -0.2) is 0 Å². The fourth-order valence-electron chi connectivity index (χ4n) is 1.39. The minimum atomic E-state index is -3.84. The number of rotatable bonds is 3. The van der Waals surface area contributed by atoms with E-state index in [1.54, 1.807) is 0 Å². The number of nitrogen functional groups attached to an aromatic ring is 1. The van der Waals surface area contributed by atoms with E-state index in [1.807, 2.05) is 0 Å². The van der Waals surface area contributed by atoms with Crippen molar-refractivity contribution >= 4 is 33.0 Å². The largest absolute Gasteiger partial charge is 0.396 e. The summed E-state index contributed by atoms with van der Waals surface area (Å²) in [5, 5.41) is 3.68. The molecule has 2 aromatic rings. The second-order valence-corrected chi connectivity index (χ2v) is 5.49. The molecule has 0 saturated carbocycles. The molecule has 0 aliphatic heterocycles. The molecule has 0 unspecified atom stereocenters. The summed E-state index contributed by atoms with van der Waals surface area (Å²) in [7, 11) is -2.36. The van der Waals surface area contributed by atoms with Crippen molar-refractivity contribution in [1.82, 2.24) is 14.8 Å². The molecule has 18 heavy (non-hydrogen) atoms. The van der Waals surface area contributed by atoms with Crippen molar-refractivity contribution in [2.45, 2.75) is 5.03 Å². The van der Waals surface area contributed by atoms with Crippen LogP contribution in [0.1, 0.15) is 0 Å². The molecule has 0 amide bonds. The van der Waals surface area contributed by atoms with E-state index in [0.29, 0.717) is 0 Å². The predicted molar refractivity (Wildman–Crippen MR) is 67.7 cm³/mol. The zero-order valence-corrected chi connectivity index (χ0v) is 10.9. The van der Waals surface area contributed by atoms with Gasteiger partial charge < -0.3 is 5.73 Å². The highest BCUT2D eigenvalue weighted by Crippen LogP contribution is 2.24. The second-order valence-electron chi connectivity index (χ2n) is 3.49. The summed E-state index contributed by atoms with van der Waals surface area (Å²) < 4.78 is 27.7. The molecule has 0 aliphatic carbocycles. The number of halogens is 1. The third-order valence-corrected chi connectivity index (χ3v) is 4.06. The Morgan fingerprint density at radius 2 is 2.17 bits per heavy atom. The Kier molecular flexibility index (Phi) is 3.14. The summed E-state index contributed by atoms with van der Waals surface area (Å²) in [4.78, 5) is 3.77. The van der Waals surface area contributed by atoms with E-state index < -0.39 is 10.0 Å². The summed E-state index contributed by atoms with van der Waals surface area (Å²) in [5.74, 6) is 0. The van der Waals surface area contributed by atoms with Gasteiger partial charge in [0.1, 0.15) is 0 Å². The molecule has 0 atom stereocenters. The Hall–Kier alpha value is -1.80. The molecule has 3 N–H and O–H groups in total. The minimum Gasteiger partial charge on any atom is -0.396 e. The normalized spacial score (nSPS) is 11.4.